The molecule has 0 bridgehead atoms. The standard InChI is InChI=1S/C25H38N6O/c1-6-20(3)32-23-15-19(2)7-9-22(23)18-29-25(26-4)28-17-21-8-10-24(27-16-21)31-13-11-30(5)12-14-31/h7-10,15-16,20H,6,11-14,17-18H2,1-5H3,(H2,26,28,29). The molecule has 1 unspecified atom stereocenters. The number of nitrogens with one attached hydrogen (secondary N) is 2. The van der Waals surface area contributed by atoms with Gasteiger partial charge < -0.3 is 25.2 Å². The number of rotatable bonds is 8. The smallest absolute Gasteiger partial charge is 0.191 e. The van der Waals surface area contributed by atoms with E-state index in [9.17, 15) is 0 Å². The van der Waals surface area contributed by atoms with Gasteiger partial charge in [-0.15, -0.1) is 0 Å². The van der Waals surface area contributed by atoms with Crippen LogP contribution in [0.15, 0.2) is 41.5 Å². The van der Waals surface area contributed by atoms with E-state index in [1.54, 1.807) is 7.05 Å². The molecule has 7 heteroatoms. The molecule has 174 valence electrons. The molecule has 1 aromatic carbocycles. The summed E-state index contributed by atoms with van der Waals surface area (Å²) in [6.07, 6.45) is 3.12. The highest BCUT2D eigenvalue weighted by Gasteiger charge is 2.15. The van der Waals surface area contributed by atoms with Crippen molar-refractivity contribution in [2.75, 3.05) is 45.2 Å². The second-order valence-electron chi connectivity index (χ2n) is 8.54. The van der Waals surface area contributed by atoms with E-state index in [0.29, 0.717) is 13.1 Å². The third-order valence-electron chi connectivity index (χ3n) is 5.89. The summed E-state index contributed by atoms with van der Waals surface area (Å²) in [5.74, 6) is 2.74. The fourth-order valence-electron chi connectivity index (χ4n) is 3.55. The number of anilines is 1. The number of benzene rings is 1. The zero-order chi connectivity index (χ0) is 22.9. The first kappa shape index (κ1) is 23.9. The number of hydrogen-bond acceptors (Lipinski definition) is 5. The molecule has 0 aliphatic carbocycles. The second-order valence-corrected chi connectivity index (χ2v) is 8.54. The van der Waals surface area contributed by atoms with Crippen molar-refractivity contribution in [2.45, 2.75) is 46.4 Å². The molecule has 1 aromatic heterocycles. The Morgan fingerprint density at radius 1 is 1.12 bits per heavy atom. The Hall–Kier alpha value is -2.80. The summed E-state index contributed by atoms with van der Waals surface area (Å²) in [5.41, 5.74) is 3.45. The number of aromatic nitrogens is 1. The van der Waals surface area contributed by atoms with Crippen LogP contribution in [0.5, 0.6) is 5.75 Å². The van der Waals surface area contributed by atoms with Crippen LogP contribution in [0.25, 0.3) is 0 Å². The van der Waals surface area contributed by atoms with Gasteiger partial charge in [0.25, 0.3) is 0 Å². The van der Waals surface area contributed by atoms with E-state index in [1.165, 1.54) is 5.56 Å². The van der Waals surface area contributed by atoms with E-state index in [4.69, 9.17) is 4.74 Å². The van der Waals surface area contributed by atoms with E-state index in [-0.39, 0.29) is 6.10 Å². The van der Waals surface area contributed by atoms with E-state index in [1.807, 2.05) is 6.20 Å². The van der Waals surface area contributed by atoms with Gasteiger partial charge in [-0.05, 0) is 50.6 Å². The average Bonchev–Trinajstić information content (AvgIpc) is 2.81. The van der Waals surface area contributed by atoms with Crippen molar-refractivity contribution in [1.29, 1.82) is 0 Å². The van der Waals surface area contributed by atoms with E-state index >= 15 is 0 Å². The predicted octanol–water partition coefficient (Wildman–Crippen LogP) is 3.18. The van der Waals surface area contributed by atoms with Crippen LogP contribution in [0.1, 0.15) is 37.0 Å². The molecule has 0 amide bonds. The van der Waals surface area contributed by atoms with Crippen molar-refractivity contribution in [1.82, 2.24) is 20.5 Å². The number of ether oxygens (including phenoxy) is 1. The predicted molar refractivity (Wildman–Crippen MR) is 133 cm³/mol. The summed E-state index contributed by atoms with van der Waals surface area (Å²) < 4.78 is 6.12. The quantitative estimate of drug-likeness (QED) is 0.488. The maximum Gasteiger partial charge on any atom is 0.191 e. The number of likely N-dealkylation sites (N-methyl/N-ethyl adjacent to an activating group) is 1. The molecule has 2 N–H and O–H groups in total. The highest BCUT2D eigenvalue weighted by molar-refractivity contribution is 5.79. The van der Waals surface area contributed by atoms with Crippen LogP contribution >= 0.6 is 0 Å². The molecule has 2 heterocycles. The third-order valence-corrected chi connectivity index (χ3v) is 5.89. The zero-order valence-corrected chi connectivity index (χ0v) is 20.2. The Labute approximate surface area is 192 Å². The SMILES string of the molecule is CCC(C)Oc1cc(C)ccc1CNC(=NC)NCc1ccc(N2CCN(C)CC2)nc1. The first-order chi connectivity index (χ1) is 15.5. The molecule has 2 aromatic rings. The first-order valence-electron chi connectivity index (χ1n) is 11.6. The van der Waals surface area contributed by atoms with Crippen LogP contribution in [-0.4, -0.2) is 62.2 Å². The van der Waals surface area contributed by atoms with Crippen molar-refractivity contribution < 1.29 is 4.74 Å². The Kier molecular flexibility index (Phi) is 8.73. The fourth-order valence-corrected chi connectivity index (χ4v) is 3.55. The number of nitrogens with zero attached hydrogens (tertiary/aromatic N) is 4. The van der Waals surface area contributed by atoms with Gasteiger partial charge in [-0.3, -0.25) is 4.99 Å². The number of guanidine groups is 1. The number of aliphatic imine (C=N–C) groups is 1. The van der Waals surface area contributed by atoms with Gasteiger partial charge in [-0.1, -0.05) is 25.1 Å². The molecule has 3 rings (SSSR count). The number of aryl methyl sites for hydroxylation is 1. The lowest BCUT2D eigenvalue weighted by Gasteiger charge is -2.33. The van der Waals surface area contributed by atoms with Crippen molar-refractivity contribution in [3.8, 4) is 5.75 Å². The Morgan fingerprint density at radius 3 is 2.53 bits per heavy atom. The lowest BCUT2D eigenvalue weighted by molar-refractivity contribution is 0.215. The van der Waals surface area contributed by atoms with Crippen LogP contribution in [0.3, 0.4) is 0 Å². The molecule has 1 fully saturated rings. The summed E-state index contributed by atoms with van der Waals surface area (Å²) in [4.78, 5) is 13.7. The maximum atomic E-state index is 6.12. The largest absolute Gasteiger partial charge is 0.490 e. The molecular formula is C25H38N6O. The monoisotopic (exact) mass is 438 g/mol. The number of hydrogen-bond donors (Lipinski definition) is 2. The minimum Gasteiger partial charge on any atom is -0.490 e. The highest BCUT2D eigenvalue weighted by Crippen LogP contribution is 2.22. The summed E-state index contributed by atoms with van der Waals surface area (Å²) in [5, 5.41) is 6.78. The molecule has 1 aliphatic heterocycles. The summed E-state index contributed by atoms with van der Waals surface area (Å²) in [7, 11) is 3.95. The molecule has 32 heavy (non-hydrogen) atoms. The number of pyridine rings is 1. The topological polar surface area (TPSA) is 65.0 Å². The van der Waals surface area contributed by atoms with Crippen molar-refractivity contribution >= 4 is 11.8 Å². The number of piperazine rings is 1. The Balaban J connectivity index is 1.52. The van der Waals surface area contributed by atoms with Gasteiger partial charge in [0.2, 0.25) is 0 Å². The maximum absolute atomic E-state index is 6.12. The molecule has 1 atom stereocenters. The van der Waals surface area contributed by atoms with E-state index in [0.717, 1.165) is 61.3 Å². The van der Waals surface area contributed by atoms with Gasteiger partial charge in [-0.25, -0.2) is 4.98 Å². The summed E-state index contributed by atoms with van der Waals surface area (Å²) in [6, 6.07) is 10.6. The fraction of sp³-hybridized carbons (Fsp3) is 0.520. The van der Waals surface area contributed by atoms with Gasteiger partial charge >= 0.3 is 0 Å². The van der Waals surface area contributed by atoms with Crippen molar-refractivity contribution in [2.24, 2.45) is 4.99 Å². The van der Waals surface area contributed by atoms with Crippen LogP contribution in [0.2, 0.25) is 0 Å². The molecular weight excluding hydrogens is 400 g/mol. The second kappa shape index (κ2) is 11.7. The van der Waals surface area contributed by atoms with Gasteiger partial charge in [0.15, 0.2) is 5.96 Å². The lowest BCUT2D eigenvalue weighted by atomic mass is 10.1. The van der Waals surface area contributed by atoms with Gasteiger partial charge in [0.1, 0.15) is 11.6 Å². The normalized spacial score (nSPS) is 16.0. The van der Waals surface area contributed by atoms with Gasteiger partial charge in [0.05, 0.1) is 6.10 Å². The lowest BCUT2D eigenvalue weighted by Crippen LogP contribution is -2.44. The van der Waals surface area contributed by atoms with Crippen LogP contribution < -0.4 is 20.3 Å². The van der Waals surface area contributed by atoms with Gasteiger partial charge in [-0.2, -0.15) is 0 Å². The van der Waals surface area contributed by atoms with Gasteiger partial charge in [0, 0.05) is 58.1 Å². The van der Waals surface area contributed by atoms with Crippen molar-refractivity contribution in [3.63, 3.8) is 0 Å². The zero-order valence-electron chi connectivity index (χ0n) is 20.2. The molecule has 0 saturated carbocycles. The molecule has 0 radical (unpaired) electrons. The molecule has 0 spiro atoms. The minimum atomic E-state index is 0.189. The summed E-state index contributed by atoms with van der Waals surface area (Å²) in [6.45, 7) is 11.9. The average molecular weight is 439 g/mol. The highest BCUT2D eigenvalue weighted by atomic mass is 16.5. The molecule has 1 aliphatic rings. The van der Waals surface area contributed by atoms with Crippen LogP contribution in [0.4, 0.5) is 5.82 Å². The third kappa shape index (κ3) is 6.85. The molecule has 1 saturated heterocycles. The first-order valence-corrected chi connectivity index (χ1v) is 11.6. The summed E-state index contributed by atoms with van der Waals surface area (Å²) >= 11 is 0. The van der Waals surface area contributed by atoms with Crippen LogP contribution in [-0.2, 0) is 13.1 Å². The Morgan fingerprint density at radius 2 is 1.88 bits per heavy atom. The van der Waals surface area contributed by atoms with Crippen LogP contribution in [0, 0.1) is 6.92 Å². The van der Waals surface area contributed by atoms with E-state index < -0.39 is 0 Å². The Bertz CT molecular complexity index is 875. The van der Waals surface area contributed by atoms with E-state index in [2.05, 4.69) is 88.6 Å². The molecule has 7 nitrogen and oxygen atoms in total. The van der Waals surface area contributed by atoms with Crippen molar-refractivity contribution in [3.05, 3.63) is 53.2 Å². The minimum absolute atomic E-state index is 0.189.